The van der Waals surface area contributed by atoms with Crippen LogP contribution in [0, 0.1) is 0 Å². The standard InChI is InChI=1S/C13H16BrCl2NO3S/c1-4-13(3,5-2)17-12(18)8-6-9(15)11(14)10(7-8)21(16,19)20/h6-7H,4-5H2,1-3H3,(H,17,18). The molecule has 0 bridgehead atoms. The maximum atomic E-state index is 12.3. The molecule has 0 unspecified atom stereocenters. The zero-order valence-electron chi connectivity index (χ0n) is 11.8. The second-order valence-corrected chi connectivity index (χ2v) is 8.66. The topological polar surface area (TPSA) is 63.2 Å². The van der Waals surface area contributed by atoms with Gasteiger partial charge in [-0.05, 0) is 47.8 Å². The molecule has 0 aliphatic rings. The first-order valence-electron chi connectivity index (χ1n) is 6.30. The highest BCUT2D eigenvalue weighted by atomic mass is 79.9. The van der Waals surface area contributed by atoms with Gasteiger partial charge in [-0.2, -0.15) is 0 Å². The van der Waals surface area contributed by atoms with Crippen LogP contribution in [-0.2, 0) is 9.05 Å². The van der Waals surface area contributed by atoms with Crippen molar-refractivity contribution in [1.82, 2.24) is 5.32 Å². The van der Waals surface area contributed by atoms with Crippen molar-refractivity contribution in [1.29, 1.82) is 0 Å². The zero-order valence-corrected chi connectivity index (χ0v) is 15.8. The number of benzene rings is 1. The Bertz CT molecular complexity index is 658. The lowest BCUT2D eigenvalue weighted by molar-refractivity contribution is 0.0901. The van der Waals surface area contributed by atoms with E-state index in [4.69, 9.17) is 22.3 Å². The van der Waals surface area contributed by atoms with E-state index in [9.17, 15) is 13.2 Å². The molecule has 118 valence electrons. The predicted molar refractivity (Wildman–Crippen MR) is 88.6 cm³/mol. The fourth-order valence-electron chi connectivity index (χ4n) is 1.65. The summed E-state index contributed by atoms with van der Waals surface area (Å²) in [4.78, 5) is 12.1. The lowest BCUT2D eigenvalue weighted by atomic mass is 9.95. The number of carbonyl (C=O) groups is 1. The van der Waals surface area contributed by atoms with Crippen LogP contribution >= 0.6 is 38.2 Å². The first-order chi connectivity index (χ1) is 9.54. The van der Waals surface area contributed by atoms with E-state index in [1.54, 1.807) is 0 Å². The van der Waals surface area contributed by atoms with E-state index in [1.165, 1.54) is 12.1 Å². The maximum absolute atomic E-state index is 12.3. The predicted octanol–water partition coefficient (Wildman–Crippen LogP) is 4.34. The van der Waals surface area contributed by atoms with Crippen molar-refractivity contribution in [2.24, 2.45) is 0 Å². The Labute approximate surface area is 142 Å². The fraction of sp³-hybridized carbons (Fsp3) is 0.462. The van der Waals surface area contributed by atoms with Crippen LogP contribution in [0.1, 0.15) is 44.0 Å². The van der Waals surface area contributed by atoms with Crippen molar-refractivity contribution in [3.8, 4) is 0 Å². The number of hydrogen-bond acceptors (Lipinski definition) is 3. The van der Waals surface area contributed by atoms with Gasteiger partial charge in [0.05, 0.1) is 14.4 Å². The normalized spacial score (nSPS) is 12.3. The van der Waals surface area contributed by atoms with E-state index in [0.29, 0.717) is 0 Å². The van der Waals surface area contributed by atoms with E-state index in [-0.39, 0.29) is 25.5 Å². The first kappa shape index (κ1) is 18.7. The molecule has 8 heteroatoms. The molecule has 0 atom stereocenters. The molecular formula is C13H16BrCl2NO3S. The number of rotatable bonds is 5. The average Bonchev–Trinajstić information content (AvgIpc) is 2.40. The van der Waals surface area contributed by atoms with Crippen molar-refractivity contribution < 1.29 is 13.2 Å². The van der Waals surface area contributed by atoms with Gasteiger partial charge in [0.2, 0.25) is 0 Å². The van der Waals surface area contributed by atoms with Gasteiger partial charge in [-0.1, -0.05) is 25.4 Å². The van der Waals surface area contributed by atoms with Gasteiger partial charge in [0.1, 0.15) is 0 Å². The van der Waals surface area contributed by atoms with Crippen LogP contribution in [-0.4, -0.2) is 19.9 Å². The molecule has 1 rings (SSSR count). The molecule has 1 aromatic rings. The van der Waals surface area contributed by atoms with Crippen LogP contribution < -0.4 is 5.32 Å². The first-order valence-corrected chi connectivity index (χ1v) is 9.78. The Morgan fingerprint density at radius 3 is 2.29 bits per heavy atom. The minimum absolute atomic E-state index is 0.108. The van der Waals surface area contributed by atoms with Gasteiger partial charge in [-0.3, -0.25) is 4.79 Å². The minimum Gasteiger partial charge on any atom is -0.347 e. The van der Waals surface area contributed by atoms with E-state index in [1.807, 2.05) is 20.8 Å². The van der Waals surface area contributed by atoms with Crippen molar-refractivity contribution in [2.45, 2.75) is 44.0 Å². The molecule has 0 heterocycles. The number of halogens is 3. The Hall–Kier alpha value is -0.300. The Kier molecular flexibility index (Phi) is 6.12. The van der Waals surface area contributed by atoms with Crippen LogP contribution in [0.4, 0.5) is 0 Å². The summed E-state index contributed by atoms with van der Waals surface area (Å²) in [7, 11) is 1.35. The minimum atomic E-state index is -4.01. The molecule has 4 nitrogen and oxygen atoms in total. The second-order valence-electron chi connectivity index (χ2n) is 4.93. The van der Waals surface area contributed by atoms with Crippen LogP contribution in [0.25, 0.3) is 0 Å². The van der Waals surface area contributed by atoms with Gasteiger partial charge in [0.15, 0.2) is 0 Å². The van der Waals surface area contributed by atoms with Gasteiger partial charge in [0, 0.05) is 21.8 Å². The molecule has 0 fully saturated rings. The highest BCUT2D eigenvalue weighted by Gasteiger charge is 2.25. The number of hydrogen-bond donors (Lipinski definition) is 1. The fourth-order valence-corrected chi connectivity index (χ4v) is 4.03. The summed E-state index contributed by atoms with van der Waals surface area (Å²) < 4.78 is 23.2. The van der Waals surface area contributed by atoms with Crippen LogP contribution in [0.2, 0.25) is 5.02 Å². The smallest absolute Gasteiger partial charge is 0.262 e. The zero-order chi connectivity index (χ0) is 16.4. The van der Waals surface area contributed by atoms with Crippen LogP contribution in [0.3, 0.4) is 0 Å². The SMILES string of the molecule is CCC(C)(CC)NC(=O)c1cc(Cl)c(Br)c(S(=O)(=O)Cl)c1. The van der Waals surface area contributed by atoms with Crippen molar-refractivity contribution >= 4 is 53.2 Å². The van der Waals surface area contributed by atoms with E-state index >= 15 is 0 Å². The quantitative estimate of drug-likeness (QED) is 0.726. The third-order valence-corrected chi connectivity index (χ3v) is 6.48. The largest absolute Gasteiger partial charge is 0.347 e. The Balaban J connectivity index is 3.27. The lowest BCUT2D eigenvalue weighted by Crippen LogP contribution is -2.45. The number of carbonyl (C=O) groups excluding carboxylic acids is 1. The third kappa shape index (κ3) is 4.58. The highest BCUT2D eigenvalue weighted by Crippen LogP contribution is 2.33. The van der Waals surface area contributed by atoms with Gasteiger partial charge in [-0.15, -0.1) is 0 Å². The Morgan fingerprint density at radius 2 is 1.86 bits per heavy atom. The third-order valence-electron chi connectivity index (χ3n) is 3.50. The molecule has 0 spiro atoms. The molecule has 0 saturated carbocycles. The van der Waals surface area contributed by atoms with E-state index in [0.717, 1.165) is 12.8 Å². The summed E-state index contributed by atoms with van der Waals surface area (Å²) >= 11 is 9.02. The molecule has 0 aromatic heterocycles. The van der Waals surface area contributed by atoms with Crippen LogP contribution in [0.5, 0.6) is 0 Å². The second kappa shape index (κ2) is 6.86. The van der Waals surface area contributed by atoms with E-state index in [2.05, 4.69) is 21.2 Å². The summed E-state index contributed by atoms with van der Waals surface area (Å²) in [5.74, 6) is -0.392. The molecular weight excluding hydrogens is 401 g/mol. The van der Waals surface area contributed by atoms with Gasteiger partial charge < -0.3 is 5.32 Å². The van der Waals surface area contributed by atoms with Crippen molar-refractivity contribution in [3.05, 3.63) is 27.2 Å². The summed E-state index contributed by atoms with van der Waals surface area (Å²) in [5, 5.41) is 2.99. The number of amides is 1. The molecule has 0 aliphatic carbocycles. The van der Waals surface area contributed by atoms with E-state index < -0.39 is 15.0 Å². The Morgan fingerprint density at radius 1 is 1.33 bits per heavy atom. The molecule has 0 aliphatic heterocycles. The molecule has 0 radical (unpaired) electrons. The molecule has 0 saturated heterocycles. The molecule has 1 amide bonds. The summed E-state index contributed by atoms with van der Waals surface area (Å²) in [6, 6.07) is 2.61. The highest BCUT2D eigenvalue weighted by molar-refractivity contribution is 9.10. The summed E-state index contributed by atoms with van der Waals surface area (Å²) in [6.07, 6.45) is 1.50. The van der Waals surface area contributed by atoms with Gasteiger partial charge in [-0.25, -0.2) is 8.42 Å². The van der Waals surface area contributed by atoms with Crippen LogP contribution in [0.15, 0.2) is 21.5 Å². The monoisotopic (exact) mass is 415 g/mol. The average molecular weight is 417 g/mol. The molecule has 21 heavy (non-hydrogen) atoms. The number of nitrogens with one attached hydrogen (secondary N) is 1. The lowest BCUT2D eigenvalue weighted by Gasteiger charge is -2.28. The maximum Gasteiger partial charge on any atom is 0.262 e. The van der Waals surface area contributed by atoms with Gasteiger partial charge >= 0.3 is 0 Å². The van der Waals surface area contributed by atoms with Crippen molar-refractivity contribution in [2.75, 3.05) is 0 Å². The molecule has 1 aromatic carbocycles. The van der Waals surface area contributed by atoms with Crippen molar-refractivity contribution in [3.63, 3.8) is 0 Å². The summed E-state index contributed by atoms with van der Waals surface area (Å²) in [5.41, 5.74) is -0.216. The van der Waals surface area contributed by atoms with Gasteiger partial charge in [0.25, 0.3) is 15.0 Å². The summed E-state index contributed by atoms with van der Waals surface area (Å²) in [6.45, 7) is 5.85. The molecule has 1 N–H and O–H groups in total.